The predicted molar refractivity (Wildman–Crippen MR) is 109 cm³/mol. The van der Waals surface area contributed by atoms with Gasteiger partial charge >= 0.3 is 6.03 Å². The number of carbonyl (C=O) groups is 3. The zero-order valence-electron chi connectivity index (χ0n) is 16.6. The molecule has 0 unspecified atom stereocenters. The lowest BCUT2D eigenvalue weighted by molar-refractivity contribution is -0.133. The van der Waals surface area contributed by atoms with Gasteiger partial charge in [-0.25, -0.2) is 9.18 Å². The highest BCUT2D eigenvalue weighted by atomic mass is 19.1. The van der Waals surface area contributed by atoms with Crippen LogP contribution in [0.15, 0.2) is 65.9 Å². The molecule has 2 aliphatic rings. The molecule has 0 radical (unpaired) electrons. The number of carbonyl (C=O) groups excluding carboxylic acids is 3. The number of nitrogens with one attached hydrogen (secondary N) is 2. The standard InChI is InChI=1S/C22H21FN4O3/c1-13(20(28)24-16-10-8-15(23)9-11-16)27-12-17-18(21(27)29)19(25-22(30)26(17)2)14-6-4-3-5-7-14/h3-11,13,19H,12H2,1-2H3,(H,24,28)(H,25,30)/t13-,19+/m0/s1. The lowest BCUT2D eigenvalue weighted by Crippen LogP contribution is -2.45. The van der Waals surface area contributed by atoms with Crippen LogP contribution in [0.1, 0.15) is 18.5 Å². The molecule has 2 aliphatic heterocycles. The van der Waals surface area contributed by atoms with Crippen LogP contribution in [0.4, 0.5) is 14.9 Å². The summed E-state index contributed by atoms with van der Waals surface area (Å²) in [6.07, 6.45) is 0. The Bertz CT molecular complexity index is 1040. The van der Waals surface area contributed by atoms with Crippen LogP contribution >= 0.6 is 0 Å². The smallest absolute Gasteiger partial charge is 0.322 e. The number of anilines is 1. The third kappa shape index (κ3) is 3.41. The zero-order chi connectivity index (χ0) is 21.4. The van der Waals surface area contributed by atoms with Crippen molar-refractivity contribution in [1.29, 1.82) is 0 Å². The van der Waals surface area contributed by atoms with Gasteiger partial charge < -0.3 is 15.5 Å². The Kier molecular flexibility index (Phi) is 4.99. The molecule has 2 atom stereocenters. The molecule has 0 saturated carbocycles. The molecular weight excluding hydrogens is 387 g/mol. The van der Waals surface area contributed by atoms with E-state index in [1.54, 1.807) is 14.0 Å². The Morgan fingerprint density at radius 3 is 2.47 bits per heavy atom. The Morgan fingerprint density at radius 1 is 1.13 bits per heavy atom. The van der Waals surface area contributed by atoms with Gasteiger partial charge in [-0.3, -0.25) is 14.5 Å². The van der Waals surface area contributed by atoms with E-state index in [1.807, 2.05) is 30.3 Å². The average molecular weight is 408 g/mol. The molecule has 7 nitrogen and oxygen atoms in total. The Hall–Kier alpha value is -3.68. The monoisotopic (exact) mass is 408 g/mol. The molecule has 0 saturated heterocycles. The molecule has 4 rings (SSSR count). The van der Waals surface area contributed by atoms with E-state index < -0.39 is 23.8 Å². The van der Waals surface area contributed by atoms with Crippen molar-refractivity contribution in [1.82, 2.24) is 15.1 Å². The number of rotatable bonds is 4. The van der Waals surface area contributed by atoms with Gasteiger partial charge in [0.1, 0.15) is 11.9 Å². The van der Waals surface area contributed by atoms with E-state index in [0.717, 1.165) is 5.56 Å². The zero-order valence-corrected chi connectivity index (χ0v) is 16.6. The van der Waals surface area contributed by atoms with Gasteiger partial charge in [-0.05, 0) is 36.8 Å². The van der Waals surface area contributed by atoms with E-state index in [9.17, 15) is 18.8 Å². The first-order chi connectivity index (χ1) is 14.4. The van der Waals surface area contributed by atoms with Crippen molar-refractivity contribution in [2.75, 3.05) is 18.9 Å². The fourth-order valence-corrected chi connectivity index (χ4v) is 3.72. The van der Waals surface area contributed by atoms with Gasteiger partial charge in [0.05, 0.1) is 23.9 Å². The van der Waals surface area contributed by atoms with Gasteiger partial charge in [-0.15, -0.1) is 0 Å². The molecule has 0 aliphatic carbocycles. The highest BCUT2D eigenvalue weighted by molar-refractivity contribution is 6.05. The molecule has 2 aromatic rings. The first-order valence-corrected chi connectivity index (χ1v) is 9.56. The Morgan fingerprint density at radius 2 is 1.80 bits per heavy atom. The van der Waals surface area contributed by atoms with Crippen LogP contribution < -0.4 is 10.6 Å². The highest BCUT2D eigenvalue weighted by Crippen LogP contribution is 2.36. The molecule has 2 aromatic carbocycles. The topological polar surface area (TPSA) is 81.8 Å². The molecule has 0 aromatic heterocycles. The van der Waals surface area contributed by atoms with Crippen molar-refractivity contribution < 1.29 is 18.8 Å². The maximum atomic E-state index is 13.3. The van der Waals surface area contributed by atoms with Crippen LogP contribution in [-0.2, 0) is 9.59 Å². The lowest BCUT2D eigenvalue weighted by Gasteiger charge is -2.31. The third-order valence-corrected chi connectivity index (χ3v) is 5.48. The number of likely N-dealkylation sites (N-methyl/N-ethyl adjacent to an activating group) is 1. The first kappa shape index (κ1) is 19.6. The first-order valence-electron chi connectivity index (χ1n) is 9.56. The number of hydrogen-bond acceptors (Lipinski definition) is 3. The Balaban J connectivity index is 1.58. The van der Waals surface area contributed by atoms with E-state index in [0.29, 0.717) is 17.0 Å². The minimum Gasteiger partial charge on any atom is -0.327 e. The van der Waals surface area contributed by atoms with Gasteiger partial charge in [0.25, 0.3) is 5.91 Å². The van der Waals surface area contributed by atoms with Gasteiger partial charge in [-0.2, -0.15) is 0 Å². The average Bonchev–Trinajstić information content (AvgIpc) is 3.10. The van der Waals surface area contributed by atoms with Crippen LogP contribution in [0.5, 0.6) is 0 Å². The second kappa shape index (κ2) is 7.62. The van der Waals surface area contributed by atoms with Crippen molar-refractivity contribution >= 4 is 23.5 Å². The number of hydrogen-bond donors (Lipinski definition) is 2. The van der Waals surface area contributed by atoms with E-state index in [2.05, 4.69) is 10.6 Å². The summed E-state index contributed by atoms with van der Waals surface area (Å²) in [5.41, 5.74) is 2.28. The molecule has 30 heavy (non-hydrogen) atoms. The molecule has 8 heteroatoms. The molecule has 0 bridgehead atoms. The summed E-state index contributed by atoms with van der Waals surface area (Å²) in [4.78, 5) is 41.3. The summed E-state index contributed by atoms with van der Waals surface area (Å²) in [6.45, 7) is 1.78. The molecule has 154 valence electrons. The van der Waals surface area contributed by atoms with E-state index in [4.69, 9.17) is 0 Å². The normalized spacial score (nSPS) is 19.5. The fourth-order valence-electron chi connectivity index (χ4n) is 3.72. The van der Waals surface area contributed by atoms with Gasteiger partial charge in [0.15, 0.2) is 0 Å². The van der Waals surface area contributed by atoms with Gasteiger partial charge in [0.2, 0.25) is 5.91 Å². The second-order valence-corrected chi connectivity index (χ2v) is 7.32. The van der Waals surface area contributed by atoms with Crippen LogP contribution in [0.3, 0.4) is 0 Å². The summed E-state index contributed by atoms with van der Waals surface area (Å²) in [5.74, 6) is -1.10. The summed E-state index contributed by atoms with van der Waals surface area (Å²) >= 11 is 0. The summed E-state index contributed by atoms with van der Waals surface area (Å²) in [6, 6.07) is 13.0. The van der Waals surface area contributed by atoms with Crippen LogP contribution in [0.25, 0.3) is 0 Å². The number of benzene rings is 2. The molecule has 2 heterocycles. The van der Waals surface area contributed by atoms with Gasteiger partial charge in [-0.1, -0.05) is 30.3 Å². The van der Waals surface area contributed by atoms with Crippen molar-refractivity contribution in [2.24, 2.45) is 0 Å². The number of amides is 4. The van der Waals surface area contributed by atoms with Crippen molar-refractivity contribution in [2.45, 2.75) is 19.0 Å². The van der Waals surface area contributed by atoms with Crippen molar-refractivity contribution in [3.63, 3.8) is 0 Å². The maximum absolute atomic E-state index is 13.3. The minimum atomic E-state index is -0.784. The maximum Gasteiger partial charge on any atom is 0.322 e. The van der Waals surface area contributed by atoms with Gasteiger partial charge in [0, 0.05) is 12.7 Å². The van der Waals surface area contributed by atoms with E-state index in [-0.39, 0.29) is 18.5 Å². The fraction of sp³-hybridized carbons (Fsp3) is 0.227. The van der Waals surface area contributed by atoms with Crippen LogP contribution in [-0.4, -0.2) is 47.3 Å². The summed E-state index contributed by atoms with van der Waals surface area (Å²) in [7, 11) is 1.60. The lowest BCUT2D eigenvalue weighted by atomic mass is 9.96. The second-order valence-electron chi connectivity index (χ2n) is 7.32. The van der Waals surface area contributed by atoms with E-state index >= 15 is 0 Å². The molecule has 2 N–H and O–H groups in total. The number of nitrogens with zero attached hydrogens (tertiary/aromatic N) is 2. The largest absolute Gasteiger partial charge is 0.327 e. The number of urea groups is 1. The summed E-state index contributed by atoms with van der Waals surface area (Å²) < 4.78 is 13.1. The minimum absolute atomic E-state index is 0.152. The third-order valence-electron chi connectivity index (χ3n) is 5.48. The quantitative estimate of drug-likeness (QED) is 0.816. The van der Waals surface area contributed by atoms with Crippen LogP contribution in [0, 0.1) is 5.82 Å². The number of halogens is 1. The predicted octanol–water partition coefficient (Wildman–Crippen LogP) is 2.65. The van der Waals surface area contributed by atoms with Crippen LogP contribution in [0.2, 0.25) is 0 Å². The SMILES string of the molecule is C[C@@H](C(=O)Nc1ccc(F)cc1)N1CC2=C(C1=O)[C@@H](c1ccccc1)NC(=O)N2C. The Labute approximate surface area is 173 Å². The van der Waals surface area contributed by atoms with Crippen molar-refractivity contribution in [3.05, 3.63) is 77.2 Å². The highest BCUT2D eigenvalue weighted by Gasteiger charge is 2.45. The molecular formula is C22H21FN4O3. The molecule has 4 amide bonds. The molecule has 0 fully saturated rings. The summed E-state index contributed by atoms with van der Waals surface area (Å²) in [5, 5.41) is 5.56. The van der Waals surface area contributed by atoms with Crippen molar-refractivity contribution in [3.8, 4) is 0 Å². The van der Waals surface area contributed by atoms with E-state index in [1.165, 1.54) is 34.1 Å². The molecule has 0 spiro atoms.